The number of ether oxygens (including phenoxy) is 1. The van der Waals surface area contributed by atoms with Gasteiger partial charge in [0.1, 0.15) is 18.0 Å². The van der Waals surface area contributed by atoms with Gasteiger partial charge < -0.3 is 30.2 Å². The SMILES string of the molecule is CCCCCCCCCCCCCCCCOc1ccc(C2=C3NC(=Cc4ccc([nH]4)C=c4ccc([nH]4)=C(c4ccccc4)c4ccc2s4)C(O)C3O)cc1. The summed E-state index contributed by atoms with van der Waals surface area (Å²) in [5.74, 6) is 0.839. The van der Waals surface area contributed by atoms with Crippen LogP contribution in [0.2, 0.25) is 0 Å². The van der Waals surface area contributed by atoms with Crippen molar-refractivity contribution >= 4 is 34.6 Å². The largest absolute Gasteiger partial charge is 0.494 e. The third-order valence-corrected chi connectivity index (χ3v) is 12.0. The monoisotopic (exact) mass is 755 g/mol. The van der Waals surface area contributed by atoms with Crippen molar-refractivity contribution in [1.82, 2.24) is 15.3 Å². The number of fused-ring (bicyclic) bond motifs is 8. The number of benzene rings is 2. The zero-order chi connectivity index (χ0) is 37.8. The fourth-order valence-electron chi connectivity index (χ4n) is 7.82. The van der Waals surface area contributed by atoms with Gasteiger partial charge in [0.15, 0.2) is 0 Å². The van der Waals surface area contributed by atoms with Gasteiger partial charge in [0.05, 0.1) is 12.3 Å². The predicted octanol–water partition coefficient (Wildman–Crippen LogP) is 9.78. The minimum atomic E-state index is -1.12. The Morgan fingerprint density at radius 2 is 1.16 bits per heavy atom. The molecule has 5 N–H and O–H groups in total. The zero-order valence-electron chi connectivity index (χ0n) is 32.3. The van der Waals surface area contributed by atoms with Gasteiger partial charge in [-0.25, -0.2) is 0 Å². The first-order valence-corrected chi connectivity index (χ1v) is 21.5. The molecule has 2 atom stereocenters. The average molecular weight is 756 g/mol. The maximum absolute atomic E-state index is 11.6. The predicted molar refractivity (Wildman–Crippen MR) is 228 cm³/mol. The average Bonchev–Trinajstić information content (AvgIpc) is 4.02. The Labute approximate surface area is 330 Å². The van der Waals surface area contributed by atoms with Crippen LogP contribution in [0.4, 0.5) is 0 Å². The van der Waals surface area contributed by atoms with Crippen molar-refractivity contribution in [2.75, 3.05) is 6.61 Å². The number of thiophene rings is 1. The summed E-state index contributed by atoms with van der Waals surface area (Å²) in [6.45, 7) is 2.99. The number of nitrogens with one attached hydrogen (secondary N) is 3. The van der Waals surface area contributed by atoms with E-state index in [2.05, 4.69) is 88.9 Å². The number of H-pyrrole nitrogens is 2. The number of aromatic nitrogens is 2. The normalized spacial score (nSPS) is 16.6. The summed E-state index contributed by atoms with van der Waals surface area (Å²) in [7, 11) is 0. The van der Waals surface area contributed by atoms with E-state index in [0.29, 0.717) is 18.0 Å². The Hall–Kier alpha value is -4.56. The van der Waals surface area contributed by atoms with Crippen LogP contribution in [0, 0.1) is 0 Å². The quantitative estimate of drug-likeness (QED) is 0.0576. The number of rotatable bonds is 18. The van der Waals surface area contributed by atoms with E-state index >= 15 is 0 Å². The molecule has 0 amide bonds. The Bertz CT molecular complexity index is 2150. The Balaban J connectivity index is 1.05. The summed E-state index contributed by atoms with van der Waals surface area (Å²) < 4.78 is 6.19. The molecule has 2 aromatic carbocycles. The number of aliphatic hydroxyl groups is 2. The lowest BCUT2D eigenvalue weighted by atomic mass is 9.99. The first-order valence-electron chi connectivity index (χ1n) is 20.7. The highest BCUT2D eigenvalue weighted by molar-refractivity contribution is 7.14. The van der Waals surface area contributed by atoms with Gasteiger partial charge in [-0.3, -0.25) is 0 Å². The van der Waals surface area contributed by atoms with E-state index in [1.54, 1.807) is 11.3 Å². The highest BCUT2D eigenvalue weighted by atomic mass is 32.1. The van der Waals surface area contributed by atoms with E-state index in [1.807, 2.05) is 36.4 Å². The molecule has 5 aromatic rings. The van der Waals surface area contributed by atoms with Crippen LogP contribution in [0.15, 0.2) is 102 Å². The molecule has 0 aliphatic carbocycles. The summed E-state index contributed by atoms with van der Waals surface area (Å²) in [6, 6.07) is 31.1. The lowest BCUT2D eigenvalue weighted by molar-refractivity contribution is 0.0817. The molecule has 288 valence electrons. The maximum Gasteiger partial charge on any atom is 0.126 e. The van der Waals surface area contributed by atoms with Gasteiger partial charge in [0, 0.05) is 48.7 Å². The zero-order valence-corrected chi connectivity index (χ0v) is 33.1. The van der Waals surface area contributed by atoms with E-state index < -0.39 is 12.2 Å². The molecule has 1 saturated heterocycles. The molecule has 2 unspecified atom stereocenters. The minimum Gasteiger partial charge on any atom is -0.494 e. The van der Waals surface area contributed by atoms with Crippen molar-refractivity contribution in [3.63, 3.8) is 0 Å². The van der Waals surface area contributed by atoms with E-state index in [-0.39, 0.29) is 0 Å². The van der Waals surface area contributed by atoms with Crippen LogP contribution < -0.4 is 20.8 Å². The molecule has 0 saturated carbocycles. The van der Waals surface area contributed by atoms with Crippen LogP contribution in [-0.2, 0) is 0 Å². The van der Waals surface area contributed by atoms with Gasteiger partial charge in [-0.1, -0.05) is 133 Å². The van der Waals surface area contributed by atoms with Gasteiger partial charge in [0.25, 0.3) is 0 Å². The topological polar surface area (TPSA) is 93.3 Å². The summed E-state index contributed by atoms with van der Waals surface area (Å²) in [4.78, 5) is 9.16. The number of unbranched alkanes of at least 4 members (excludes halogenated alkanes) is 13. The summed E-state index contributed by atoms with van der Waals surface area (Å²) in [5, 5.41) is 28.3. The lowest BCUT2D eigenvalue weighted by Gasteiger charge is -2.15. The highest BCUT2D eigenvalue weighted by Crippen LogP contribution is 2.39. The van der Waals surface area contributed by atoms with E-state index in [4.69, 9.17) is 4.74 Å². The van der Waals surface area contributed by atoms with Crippen molar-refractivity contribution in [2.24, 2.45) is 0 Å². The molecule has 55 heavy (non-hydrogen) atoms. The molecule has 0 spiro atoms. The van der Waals surface area contributed by atoms with Gasteiger partial charge >= 0.3 is 0 Å². The minimum absolute atomic E-state index is 0.545. The van der Waals surface area contributed by atoms with E-state index in [1.165, 1.54) is 83.5 Å². The van der Waals surface area contributed by atoms with Crippen LogP contribution in [0.1, 0.15) is 129 Å². The molecule has 3 aromatic heterocycles. The van der Waals surface area contributed by atoms with Crippen LogP contribution in [0.5, 0.6) is 5.75 Å². The molecular formula is C48H57N3O3S. The summed E-state index contributed by atoms with van der Waals surface area (Å²) >= 11 is 1.68. The molecular weight excluding hydrogens is 699 g/mol. The third-order valence-electron chi connectivity index (χ3n) is 10.9. The molecule has 6 nitrogen and oxygen atoms in total. The van der Waals surface area contributed by atoms with Crippen LogP contribution >= 0.6 is 11.3 Å². The molecule has 2 aliphatic rings. The van der Waals surface area contributed by atoms with Crippen LogP contribution in [0.25, 0.3) is 23.3 Å². The fraction of sp³-hybridized carbons (Fsp3) is 0.375. The van der Waals surface area contributed by atoms with Crippen molar-refractivity contribution < 1.29 is 14.9 Å². The van der Waals surface area contributed by atoms with Gasteiger partial charge in [0.2, 0.25) is 0 Å². The first kappa shape index (κ1) is 38.7. The van der Waals surface area contributed by atoms with Gasteiger partial charge in [-0.2, -0.15) is 0 Å². The third kappa shape index (κ3) is 10.0. The summed E-state index contributed by atoms with van der Waals surface area (Å²) in [6.07, 6.45) is 20.5. The summed E-state index contributed by atoms with van der Waals surface area (Å²) in [5.41, 5.74) is 6.90. The molecule has 7 heteroatoms. The van der Waals surface area contributed by atoms with Gasteiger partial charge in [-0.15, -0.1) is 11.3 Å². The number of hydrogen-bond acceptors (Lipinski definition) is 5. The lowest BCUT2D eigenvalue weighted by Crippen LogP contribution is -2.21. The smallest absolute Gasteiger partial charge is 0.126 e. The Kier molecular flexibility index (Phi) is 13.6. The second-order valence-electron chi connectivity index (χ2n) is 15.1. The number of hydrogen-bond donors (Lipinski definition) is 5. The molecule has 0 radical (unpaired) electrons. The second-order valence-corrected chi connectivity index (χ2v) is 16.2. The molecule has 5 heterocycles. The molecule has 2 aliphatic heterocycles. The van der Waals surface area contributed by atoms with Crippen molar-refractivity contribution in [3.8, 4) is 5.75 Å². The molecule has 1 fully saturated rings. The van der Waals surface area contributed by atoms with Crippen LogP contribution in [-0.4, -0.2) is 39.0 Å². The van der Waals surface area contributed by atoms with E-state index in [0.717, 1.165) is 66.3 Å². The van der Waals surface area contributed by atoms with E-state index in [9.17, 15) is 10.2 Å². The Morgan fingerprint density at radius 3 is 1.84 bits per heavy atom. The first-order chi connectivity index (χ1) is 27.1. The van der Waals surface area contributed by atoms with Crippen molar-refractivity contribution in [1.29, 1.82) is 0 Å². The second kappa shape index (κ2) is 19.3. The van der Waals surface area contributed by atoms with Crippen molar-refractivity contribution in [2.45, 2.75) is 109 Å². The maximum atomic E-state index is 11.6. The standard InChI is InChI=1S/C48H57N3O3S/c1-2-3-4-5-6-7-8-9-10-11-12-13-14-18-31-54-39-26-21-35(22-27-39)45-43-30-29-42(55-43)44(34-19-16-15-17-20-34)40-28-25-37(50-40)32-36-23-24-38(49-36)33-41-47(52)48(53)46(45)51-41/h15-17,19-30,32-33,47-53H,2-14,18,31H2,1H3. The van der Waals surface area contributed by atoms with Gasteiger partial charge in [-0.05, 0) is 78.2 Å². The molecule has 8 bridgehead atoms. The van der Waals surface area contributed by atoms with Crippen molar-refractivity contribution in [3.05, 3.63) is 145 Å². The number of aromatic amines is 2. The Morgan fingerprint density at radius 1 is 0.564 bits per heavy atom. The number of aliphatic hydroxyl groups excluding tert-OH is 2. The fourth-order valence-corrected chi connectivity index (χ4v) is 8.98. The van der Waals surface area contributed by atoms with Crippen LogP contribution in [0.3, 0.4) is 0 Å². The molecule has 7 rings (SSSR count). The highest BCUT2D eigenvalue weighted by Gasteiger charge is 2.36.